The number of hydrogen-bond acceptors (Lipinski definition) is 8. The van der Waals surface area contributed by atoms with Crippen LogP contribution in [0.2, 0.25) is 0 Å². The smallest absolute Gasteiger partial charge is 0.355 e. The van der Waals surface area contributed by atoms with Crippen LogP contribution in [0, 0.1) is 10.1 Å². The van der Waals surface area contributed by atoms with Gasteiger partial charge in [-0.3, -0.25) is 20.5 Å². The predicted molar refractivity (Wildman–Crippen MR) is 112 cm³/mol. The predicted octanol–water partition coefficient (Wildman–Crippen LogP) is 3.37. The molecule has 0 atom stereocenters. The molecule has 0 spiro atoms. The number of aliphatic hydroxyl groups is 1. The second-order valence-electron chi connectivity index (χ2n) is 6.07. The van der Waals surface area contributed by atoms with Crippen LogP contribution in [0.4, 0.5) is 28.7 Å². The summed E-state index contributed by atoms with van der Waals surface area (Å²) in [6.45, 7) is 2.39. The Hall–Kier alpha value is -3.72. The van der Waals surface area contributed by atoms with Crippen LogP contribution in [0.1, 0.15) is 6.92 Å². The van der Waals surface area contributed by atoms with E-state index in [4.69, 9.17) is 0 Å². The SMILES string of the molecule is CCN(CCO)c1ncnc(NN(c2ccccc2)c2ccccc2)c1[N+](=O)[O-]. The summed E-state index contributed by atoms with van der Waals surface area (Å²) in [6, 6.07) is 18.9. The summed E-state index contributed by atoms with van der Waals surface area (Å²) in [5.74, 6) is 0.217. The van der Waals surface area contributed by atoms with Crippen molar-refractivity contribution in [3.05, 3.63) is 77.1 Å². The van der Waals surface area contributed by atoms with Crippen LogP contribution in [0.25, 0.3) is 0 Å². The second kappa shape index (κ2) is 9.47. The molecule has 9 nitrogen and oxygen atoms in total. The highest BCUT2D eigenvalue weighted by Gasteiger charge is 2.28. The average Bonchev–Trinajstić information content (AvgIpc) is 2.76. The van der Waals surface area contributed by atoms with Gasteiger partial charge in [-0.05, 0) is 31.2 Å². The summed E-state index contributed by atoms with van der Waals surface area (Å²) in [5, 5.41) is 22.9. The zero-order chi connectivity index (χ0) is 20.6. The van der Waals surface area contributed by atoms with Gasteiger partial charge in [0.1, 0.15) is 6.33 Å². The van der Waals surface area contributed by atoms with E-state index < -0.39 is 4.92 Å². The number of hydrazine groups is 1. The number of nitrogens with one attached hydrogen (secondary N) is 1. The molecule has 0 amide bonds. The monoisotopic (exact) mass is 394 g/mol. The molecule has 2 N–H and O–H groups in total. The van der Waals surface area contributed by atoms with Crippen molar-refractivity contribution in [1.82, 2.24) is 9.97 Å². The lowest BCUT2D eigenvalue weighted by atomic mass is 10.2. The number of anilines is 4. The van der Waals surface area contributed by atoms with Crippen molar-refractivity contribution in [1.29, 1.82) is 0 Å². The minimum Gasteiger partial charge on any atom is -0.395 e. The van der Waals surface area contributed by atoms with Crippen LogP contribution in [0.5, 0.6) is 0 Å². The fourth-order valence-corrected chi connectivity index (χ4v) is 2.92. The number of hydrogen-bond donors (Lipinski definition) is 2. The topological polar surface area (TPSA) is 108 Å². The van der Waals surface area contributed by atoms with Crippen molar-refractivity contribution in [2.45, 2.75) is 6.92 Å². The highest BCUT2D eigenvalue weighted by atomic mass is 16.6. The molecule has 3 rings (SSSR count). The van der Waals surface area contributed by atoms with E-state index in [-0.39, 0.29) is 30.5 Å². The fraction of sp³-hybridized carbons (Fsp3) is 0.200. The minimum atomic E-state index is -0.508. The maximum absolute atomic E-state index is 11.9. The molecule has 2 aromatic carbocycles. The first-order valence-corrected chi connectivity index (χ1v) is 9.17. The van der Waals surface area contributed by atoms with Gasteiger partial charge in [-0.15, -0.1) is 0 Å². The first kappa shape index (κ1) is 20.0. The molecule has 3 aromatic rings. The summed E-state index contributed by atoms with van der Waals surface area (Å²) >= 11 is 0. The molecule has 9 heteroatoms. The molecular weight excluding hydrogens is 372 g/mol. The van der Waals surface area contributed by atoms with E-state index >= 15 is 0 Å². The van der Waals surface area contributed by atoms with Crippen LogP contribution in [-0.4, -0.2) is 39.7 Å². The van der Waals surface area contributed by atoms with E-state index in [2.05, 4.69) is 15.4 Å². The summed E-state index contributed by atoms with van der Waals surface area (Å²) in [7, 11) is 0. The molecule has 0 saturated heterocycles. The molecule has 0 fully saturated rings. The van der Waals surface area contributed by atoms with Crippen LogP contribution < -0.4 is 15.3 Å². The van der Waals surface area contributed by atoms with E-state index in [1.165, 1.54) is 6.33 Å². The molecule has 0 aliphatic rings. The summed E-state index contributed by atoms with van der Waals surface area (Å²) in [4.78, 5) is 21.3. The Balaban J connectivity index is 2.07. The number of aromatic nitrogens is 2. The largest absolute Gasteiger partial charge is 0.395 e. The maximum atomic E-state index is 11.9. The first-order chi connectivity index (χ1) is 14.2. The molecular formula is C20H22N6O3. The fourth-order valence-electron chi connectivity index (χ4n) is 2.92. The number of benzene rings is 2. The lowest BCUT2D eigenvalue weighted by Crippen LogP contribution is -2.30. The standard InChI is InChI=1S/C20H22N6O3/c1-2-24(13-14-27)20-18(26(28)29)19(21-15-22-20)23-25(16-9-5-3-6-10-16)17-11-7-4-8-12-17/h3-12,15,27H,2,13-14H2,1H3,(H,21,22,23). The van der Waals surface area contributed by atoms with Crippen molar-refractivity contribution in [3.63, 3.8) is 0 Å². The number of nitrogens with zero attached hydrogens (tertiary/aromatic N) is 5. The molecule has 0 aliphatic carbocycles. The summed E-state index contributed by atoms with van der Waals surface area (Å²) < 4.78 is 0. The van der Waals surface area contributed by atoms with E-state index in [9.17, 15) is 15.2 Å². The molecule has 1 heterocycles. The van der Waals surface area contributed by atoms with Crippen LogP contribution in [0.3, 0.4) is 0 Å². The van der Waals surface area contributed by atoms with E-state index in [1.54, 1.807) is 9.91 Å². The van der Waals surface area contributed by atoms with Crippen LogP contribution >= 0.6 is 0 Å². The molecule has 0 saturated carbocycles. The van der Waals surface area contributed by atoms with Crippen molar-refractivity contribution in [2.24, 2.45) is 0 Å². The first-order valence-electron chi connectivity index (χ1n) is 9.17. The molecule has 0 bridgehead atoms. The van der Waals surface area contributed by atoms with E-state index in [0.29, 0.717) is 6.54 Å². The van der Waals surface area contributed by atoms with Gasteiger partial charge in [0.25, 0.3) is 0 Å². The zero-order valence-corrected chi connectivity index (χ0v) is 16.0. The van der Waals surface area contributed by atoms with Gasteiger partial charge in [-0.1, -0.05) is 36.4 Å². The third-order valence-corrected chi connectivity index (χ3v) is 4.28. The lowest BCUT2D eigenvalue weighted by molar-refractivity contribution is -0.383. The Morgan fingerprint density at radius 2 is 1.62 bits per heavy atom. The highest BCUT2D eigenvalue weighted by Crippen LogP contribution is 2.34. The van der Waals surface area contributed by atoms with Gasteiger partial charge in [-0.2, -0.15) is 0 Å². The summed E-state index contributed by atoms with van der Waals surface area (Å²) in [6.07, 6.45) is 1.28. The van der Waals surface area contributed by atoms with Crippen molar-refractivity contribution in [3.8, 4) is 0 Å². The van der Waals surface area contributed by atoms with E-state index in [0.717, 1.165) is 11.4 Å². The summed E-state index contributed by atoms with van der Waals surface area (Å²) in [5.41, 5.74) is 4.40. The Morgan fingerprint density at radius 3 is 2.10 bits per heavy atom. The third kappa shape index (κ3) is 4.58. The maximum Gasteiger partial charge on any atom is 0.355 e. The minimum absolute atomic E-state index is 0.0593. The molecule has 150 valence electrons. The van der Waals surface area contributed by atoms with Crippen molar-refractivity contribution >= 4 is 28.7 Å². The molecule has 0 radical (unpaired) electrons. The van der Waals surface area contributed by atoms with Gasteiger partial charge in [0.05, 0.1) is 22.9 Å². The van der Waals surface area contributed by atoms with Gasteiger partial charge in [0.2, 0.25) is 11.6 Å². The Bertz CT molecular complexity index is 900. The Labute approximate surface area is 168 Å². The Morgan fingerprint density at radius 1 is 1.03 bits per heavy atom. The lowest BCUT2D eigenvalue weighted by Gasteiger charge is -2.27. The quantitative estimate of drug-likeness (QED) is 0.420. The van der Waals surface area contributed by atoms with Gasteiger partial charge in [-0.25, -0.2) is 9.97 Å². The van der Waals surface area contributed by atoms with Crippen LogP contribution in [-0.2, 0) is 0 Å². The van der Waals surface area contributed by atoms with Crippen LogP contribution in [0.15, 0.2) is 67.0 Å². The number of para-hydroxylation sites is 2. The van der Waals surface area contributed by atoms with Gasteiger partial charge in [0, 0.05) is 13.1 Å². The highest BCUT2D eigenvalue weighted by molar-refractivity contribution is 5.75. The number of nitro groups is 1. The van der Waals surface area contributed by atoms with E-state index in [1.807, 2.05) is 67.6 Å². The van der Waals surface area contributed by atoms with Gasteiger partial charge < -0.3 is 10.0 Å². The number of likely N-dealkylation sites (N-methyl/N-ethyl adjacent to an activating group) is 1. The zero-order valence-electron chi connectivity index (χ0n) is 16.0. The molecule has 0 unspecified atom stereocenters. The number of aliphatic hydroxyl groups excluding tert-OH is 1. The molecule has 0 aliphatic heterocycles. The average molecular weight is 394 g/mol. The van der Waals surface area contributed by atoms with Crippen molar-refractivity contribution in [2.75, 3.05) is 35.0 Å². The third-order valence-electron chi connectivity index (χ3n) is 4.28. The number of rotatable bonds is 9. The normalized spacial score (nSPS) is 10.4. The molecule has 29 heavy (non-hydrogen) atoms. The van der Waals surface area contributed by atoms with Gasteiger partial charge in [0.15, 0.2) is 0 Å². The molecule has 1 aromatic heterocycles. The van der Waals surface area contributed by atoms with Gasteiger partial charge >= 0.3 is 5.69 Å². The van der Waals surface area contributed by atoms with Crippen molar-refractivity contribution < 1.29 is 10.0 Å². The Kier molecular flexibility index (Phi) is 6.54. The second-order valence-corrected chi connectivity index (χ2v) is 6.07.